The Kier molecular flexibility index (Phi) is 2.73. The molecule has 4 rings (SSSR count). The Balaban J connectivity index is 1.78. The topological polar surface area (TPSA) is 64.3 Å². The van der Waals surface area contributed by atoms with Crippen LogP contribution in [0.5, 0.6) is 11.6 Å². The van der Waals surface area contributed by atoms with Gasteiger partial charge in [-0.25, -0.2) is 4.98 Å². The molecular weight excluding hydrogens is 266 g/mol. The summed E-state index contributed by atoms with van der Waals surface area (Å²) < 4.78 is 7.87. The summed E-state index contributed by atoms with van der Waals surface area (Å²) in [4.78, 5) is 4.29. The Morgan fingerprint density at radius 3 is 3.19 bits per heavy atom. The number of aromatic nitrogens is 4. The third kappa shape index (κ3) is 1.99. The maximum Gasteiger partial charge on any atom is 0.265 e. The van der Waals surface area contributed by atoms with Gasteiger partial charge in [0, 0.05) is 18.9 Å². The highest BCUT2D eigenvalue weighted by atomic mass is 16.5. The zero-order valence-electron chi connectivity index (χ0n) is 11.7. The summed E-state index contributed by atoms with van der Waals surface area (Å²) in [5.41, 5.74) is 2.97. The number of hydrogen-bond acceptors (Lipinski definition) is 5. The summed E-state index contributed by atoms with van der Waals surface area (Å²) in [6.45, 7) is 2.87. The van der Waals surface area contributed by atoms with Crippen LogP contribution >= 0.6 is 0 Å². The molecule has 0 atom stereocenters. The quantitative estimate of drug-likeness (QED) is 0.782. The van der Waals surface area contributed by atoms with Crippen molar-refractivity contribution < 1.29 is 4.74 Å². The second-order valence-corrected chi connectivity index (χ2v) is 5.10. The summed E-state index contributed by atoms with van der Waals surface area (Å²) in [6, 6.07) is 6.09. The van der Waals surface area contributed by atoms with Gasteiger partial charge in [0.25, 0.3) is 5.88 Å². The average Bonchev–Trinajstić information content (AvgIpc) is 2.90. The van der Waals surface area contributed by atoms with Crippen molar-refractivity contribution in [3.63, 3.8) is 0 Å². The van der Waals surface area contributed by atoms with Crippen molar-refractivity contribution in [2.75, 3.05) is 11.9 Å². The average molecular weight is 281 g/mol. The van der Waals surface area contributed by atoms with E-state index in [0.29, 0.717) is 11.5 Å². The van der Waals surface area contributed by atoms with Crippen LogP contribution in [-0.4, -0.2) is 26.1 Å². The number of para-hydroxylation sites is 1. The molecule has 6 heteroatoms. The van der Waals surface area contributed by atoms with Gasteiger partial charge in [-0.05, 0) is 31.4 Å². The van der Waals surface area contributed by atoms with Gasteiger partial charge in [-0.15, -0.1) is 10.2 Å². The maximum atomic E-state index is 6.01. The number of fused-ring (bicyclic) bond motifs is 2. The first-order valence-corrected chi connectivity index (χ1v) is 7.03. The first kappa shape index (κ1) is 12.1. The summed E-state index contributed by atoms with van der Waals surface area (Å²) in [7, 11) is 0. The molecule has 1 aliphatic heterocycles. The van der Waals surface area contributed by atoms with E-state index in [-0.39, 0.29) is 0 Å². The van der Waals surface area contributed by atoms with Crippen molar-refractivity contribution in [1.29, 1.82) is 0 Å². The molecule has 0 bridgehead atoms. The van der Waals surface area contributed by atoms with Gasteiger partial charge in [0.15, 0.2) is 5.75 Å². The number of benzene rings is 1. The molecule has 0 saturated carbocycles. The van der Waals surface area contributed by atoms with Crippen LogP contribution in [0.4, 0.5) is 5.69 Å². The molecule has 3 heterocycles. The second-order valence-electron chi connectivity index (χ2n) is 5.10. The van der Waals surface area contributed by atoms with Crippen LogP contribution in [0.25, 0.3) is 5.65 Å². The molecule has 1 aromatic carbocycles. The predicted molar refractivity (Wildman–Crippen MR) is 78.8 cm³/mol. The monoisotopic (exact) mass is 281 g/mol. The first-order valence-electron chi connectivity index (χ1n) is 7.03. The molecule has 106 valence electrons. The van der Waals surface area contributed by atoms with Crippen LogP contribution < -0.4 is 10.1 Å². The molecule has 0 aliphatic carbocycles. The minimum atomic E-state index is 0.471. The lowest BCUT2D eigenvalue weighted by atomic mass is 10.0. The van der Waals surface area contributed by atoms with Crippen LogP contribution in [0.3, 0.4) is 0 Å². The van der Waals surface area contributed by atoms with Gasteiger partial charge >= 0.3 is 0 Å². The van der Waals surface area contributed by atoms with Gasteiger partial charge in [-0.1, -0.05) is 12.1 Å². The first-order chi connectivity index (χ1) is 10.3. The second kappa shape index (κ2) is 4.73. The highest BCUT2D eigenvalue weighted by Gasteiger charge is 2.16. The Labute approximate surface area is 121 Å². The van der Waals surface area contributed by atoms with E-state index in [9.17, 15) is 0 Å². The number of hydrogen-bond donors (Lipinski definition) is 1. The summed E-state index contributed by atoms with van der Waals surface area (Å²) >= 11 is 0. The van der Waals surface area contributed by atoms with E-state index in [1.54, 1.807) is 6.20 Å². The molecule has 0 radical (unpaired) electrons. The fourth-order valence-electron chi connectivity index (χ4n) is 2.66. The summed E-state index contributed by atoms with van der Waals surface area (Å²) in [5.74, 6) is 2.07. The molecule has 1 aliphatic rings. The van der Waals surface area contributed by atoms with Gasteiger partial charge < -0.3 is 10.1 Å². The molecule has 0 fully saturated rings. The van der Waals surface area contributed by atoms with Crippen LogP contribution in [-0.2, 0) is 6.42 Å². The number of nitrogens with zero attached hydrogens (tertiary/aromatic N) is 4. The van der Waals surface area contributed by atoms with E-state index >= 15 is 0 Å². The van der Waals surface area contributed by atoms with E-state index in [1.807, 2.05) is 29.7 Å². The molecule has 0 spiro atoms. The highest BCUT2D eigenvalue weighted by Crippen LogP contribution is 2.35. The van der Waals surface area contributed by atoms with Gasteiger partial charge in [-0.2, -0.15) is 0 Å². The van der Waals surface area contributed by atoms with Crippen LogP contribution in [0.2, 0.25) is 0 Å². The van der Waals surface area contributed by atoms with Crippen LogP contribution in [0.1, 0.15) is 17.8 Å². The SMILES string of the molecule is Cc1nnc2c(Oc3cccc4c3NCCC4)nccn12. The number of ether oxygens (including phenoxy) is 1. The normalized spacial score (nSPS) is 13.8. The van der Waals surface area contributed by atoms with Crippen LogP contribution in [0.15, 0.2) is 30.6 Å². The Bertz CT molecular complexity index is 811. The Hall–Kier alpha value is -2.63. The van der Waals surface area contributed by atoms with Gasteiger partial charge in [0.2, 0.25) is 5.65 Å². The molecule has 0 saturated heterocycles. The highest BCUT2D eigenvalue weighted by molar-refractivity contribution is 5.65. The van der Waals surface area contributed by atoms with E-state index in [0.717, 1.165) is 36.6 Å². The van der Waals surface area contributed by atoms with Gasteiger partial charge in [0.1, 0.15) is 5.82 Å². The molecule has 0 unspecified atom stereocenters. The number of anilines is 1. The lowest BCUT2D eigenvalue weighted by Crippen LogP contribution is -2.12. The Morgan fingerprint density at radius 1 is 1.29 bits per heavy atom. The molecule has 0 amide bonds. The minimum absolute atomic E-state index is 0.471. The third-order valence-corrected chi connectivity index (χ3v) is 3.71. The summed E-state index contributed by atoms with van der Waals surface area (Å²) in [6.07, 6.45) is 5.74. The molecule has 6 nitrogen and oxygen atoms in total. The van der Waals surface area contributed by atoms with E-state index in [2.05, 4.69) is 26.6 Å². The fourth-order valence-corrected chi connectivity index (χ4v) is 2.66. The van der Waals surface area contributed by atoms with E-state index in [1.165, 1.54) is 5.56 Å². The zero-order chi connectivity index (χ0) is 14.2. The lowest BCUT2D eigenvalue weighted by molar-refractivity contribution is 0.465. The standard InChI is InChI=1S/C15H15N5O/c1-10-18-19-14-15(17-8-9-20(10)14)21-12-6-2-4-11-5-3-7-16-13(11)12/h2,4,6,8-9,16H,3,5,7H2,1H3. The molecule has 1 N–H and O–H groups in total. The van der Waals surface area contributed by atoms with Crippen molar-refractivity contribution in [3.05, 3.63) is 42.0 Å². The van der Waals surface area contributed by atoms with Gasteiger partial charge in [0.05, 0.1) is 5.69 Å². The third-order valence-electron chi connectivity index (χ3n) is 3.71. The Morgan fingerprint density at radius 2 is 2.24 bits per heavy atom. The van der Waals surface area contributed by atoms with Crippen LogP contribution in [0, 0.1) is 6.92 Å². The predicted octanol–water partition coefficient (Wildman–Crippen LogP) is 2.58. The molecule has 2 aromatic heterocycles. The maximum absolute atomic E-state index is 6.01. The number of nitrogens with one attached hydrogen (secondary N) is 1. The van der Waals surface area contributed by atoms with Gasteiger partial charge in [-0.3, -0.25) is 4.40 Å². The van der Waals surface area contributed by atoms with Crippen molar-refractivity contribution in [2.45, 2.75) is 19.8 Å². The molecule has 21 heavy (non-hydrogen) atoms. The van der Waals surface area contributed by atoms with Crippen molar-refractivity contribution in [2.24, 2.45) is 0 Å². The van der Waals surface area contributed by atoms with Crippen molar-refractivity contribution >= 4 is 11.3 Å². The fraction of sp³-hybridized carbons (Fsp3) is 0.267. The number of rotatable bonds is 2. The van der Waals surface area contributed by atoms with Crippen molar-refractivity contribution in [3.8, 4) is 11.6 Å². The lowest BCUT2D eigenvalue weighted by Gasteiger charge is -2.20. The summed E-state index contributed by atoms with van der Waals surface area (Å²) in [5, 5.41) is 11.6. The molecule has 3 aromatic rings. The van der Waals surface area contributed by atoms with Crippen molar-refractivity contribution in [1.82, 2.24) is 19.6 Å². The molecular formula is C15H15N5O. The van der Waals surface area contributed by atoms with E-state index < -0.39 is 0 Å². The van der Waals surface area contributed by atoms with E-state index in [4.69, 9.17) is 4.74 Å². The smallest absolute Gasteiger partial charge is 0.265 e. The largest absolute Gasteiger partial charge is 0.434 e. The zero-order valence-corrected chi connectivity index (χ0v) is 11.7. The minimum Gasteiger partial charge on any atom is -0.434 e. The number of aryl methyl sites for hydroxylation is 2.